The van der Waals surface area contributed by atoms with Crippen molar-refractivity contribution in [3.05, 3.63) is 70.8 Å². The van der Waals surface area contributed by atoms with E-state index in [1.807, 2.05) is 0 Å². The van der Waals surface area contributed by atoms with Crippen LogP contribution >= 0.6 is 0 Å². The molecule has 0 saturated heterocycles. The number of carbonyl (C=O) groups excluding carboxylic acids is 4. The highest BCUT2D eigenvalue weighted by molar-refractivity contribution is 6.22. The molecule has 1 atom stereocenters. The molecule has 2 aromatic carbocycles. The van der Waals surface area contributed by atoms with Crippen molar-refractivity contribution in [2.45, 2.75) is 13.0 Å². The van der Waals surface area contributed by atoms with Gasteiger partial charge in [-0.1, -0.05) is 12.1 Å². The van der Waals surface area contributed by atoms with Crippen LogP contribution in [0.2, 0.25) is 0 Å². The lowest BCUT2D eigenvalue weighted by atomic mass is 10.1. The Morgan fingerprint density at radius 3 is 2.15 bits per heavy atom. The number of Topliss-reactive ketones (excluding diaryl/α,β-unsaturated/α-hetero) is 1. The van der Waals surface area contributed by atoms with Crippen LogP contribution in [-0.4, -0.2) is 41.1 Å². The van der Waals surface area contributed by atoms with Crippen LogP contribution in [0.3, 0.4) is 0 Å². The quantitative estimate of drug-likeness (QED) is 0.457. The molecule has 6 nitrogen and oxygen atoms in total. The maximum absolute atomic E-state index is 13.2. The average molecular weight is 373 g/mol. The van der Waals surface area contributed by atoms with Crippen LogP contribution in [-0.2, 0) is 9.53 Å². The number of rotatable bonds is 5. The first-order valence-corrected chi connectivity index (χ1v) is 7.93. The van der Waals surface area contributed by atoms with Crippen LogP contribution < -0.4 is 0 Å². The molecule has 0 saturated carbocycles. The summed E-state index contributed by atoms with van der Waals surface area (Å²) in [6.45, 7) is 0.559. The van der Waals surface area contributed by atoms with E-state index in [4.69, 9.17) is 4.74 Å². The van der Waals surface area contributed by atoms with Crippen LogP contribution in [0.4, 0.5) is 8.78 Å². The van der Waals surface area contributed by atoms with Crippen LogP contribution in [0, 0.1) is 11.6 Å². The zero-order valence-electron chi connectivity index (χ0n) is 14.1. The van der Waals surface area contributed by atoms with Crippen molar-refractivity contribution in [1.82, 2.24) is 4.90 Å². The van der Waals surface area contributed by atoms with Crippen molar-refractivity contribution in [3.63, 3.8) is 0 Å². The van der Waals surface area contributed by atoms with E-state index < -0.39 is 47.9 Å². The Hall–Kier alpha value is -3.42. The predicted octanol–water partition coefficient (Wildman–Crippen LogP) is 2.38. The van der Waals surface area contributed by atoms with Crippen molar-refractivity contribution in [2.75, 3.05) is 6.61 Å². The van der Waals surface area contributed by atoms with E-state index in [9.17, 15) is 28.0 Å². The number of esters is 1. The lowest BCUT2D eigenvalue weighted by molar-refractivity contribution is -0.146. The number of imide groups is 1. The minimum atomic E-state index is -1.25. The van der Waals surface area contributed by atoms with Gasteiger partial charge in [-0.3, -0.25) is 19.3 Å². The van der Waals surface area contributed by atoms with Crippen molar-refractivity contribution in [3.8, 4) is 0 Å². The van der Waals surface area contributed by atoms with Gasteiger partial charge in [0.05, 0.1) is 11.1 Å². The summed E-state index contributed by atoms with van der Waals surface area (Å²) in [6, 6.07) is 7.41. The first-order chi connectivity index (χ1) is 12.8. The second-order valence-corrected chi connectivity index (χ2v) is 5.86. The molecule has 0 N–H and O–H groups in total. The van der Waals surface area contributed by atoms with Crippen LogP contribution in [0.1, 0.15) is 38.0 Å². The first kappa shape index (κ1) is 18.4. The standard InChI is InChI=1S/C19H13F2NO5/c1-10(22-17(24)12-4-2-3-5-13(12)18(22)25)19(26)27-9-16(23)11-6-7-14(20)15(21)8-11/h2-8,10H,9H2,1H3/t10-/m1/s1. The van der Waals surface area contributed by atoms with E-state index in [1.54, 1.807) is 12.1 Å². The maximum Gasteiger partial charge on any atom is 0.329 e. The number of amides is 2. The van der Waals surface area contributed by atoms with Gasteiger partial charge in [0.2, 0.25) is 0 Å². The molecule has 0 bridgehead atoms. The number of carbonyl (C=O) groups is 4. The zero-order valence-corrected chi connectivity index (χ0v) is 14.1. The van der Waals surface area contributed by atoms with Crippen LogP contribution in [0.25, 0.3) is 0 Å². The zero-order chi connectivity index (χ0) is 19.7. The van der Waals surface area contributed by atoms with Crippen molar-refractivity contribution < 1.29 is 32.7 Å². The fourth-order valence-electron chi connectivity index (χ4n) is 2.68. The molecule has 2 amide bonds. The molecule has 3 rings (SSSR count). The Bertz CT molecular complexity index is 937. The van der Waals surface area contributed by atoms with Gasteiger partial charge in [0, 0.05) is 5.56 Å². The van der Waals surface area contributed by atoms with Gasteiger partial charge < -0.3 is 4.74 Å². The van der Waals surface area contributed by atoms with E-state index in [1.165, 1.54) is 19.1 Å². The van der Waals surface area contributed by atoms with Gasteiger partial charge >= 0.3 is 5.97 Å². The molecule has 8 heteroatoms. The Morgan fingerprint density at radius 1 is 1.00 bits per heavy atom. The minimum absolute atomic E-state index is 0.171. The van der Waals surface area contributed by atoms with E-state index in [0.717, 1.165) is 17.0 Å². The Morgan fingerprint density at radius 2 is 1.59 bits per heavy atom. The van der Waals surface area contributed by atoms with Gasteiger partial charge in [-0.05, 0) is 37.3 Å². The van der Waals surface area contributed by atoms with Gasteiger partial charge in [-0.2, -0.15) is 0 Å². The smallest absolute Gasteiger partial charge is 0.329 e. The number of hydrogen-bond acceptors (Lipinski definition) is 5. The number of halogens is 2. The molecule has 0 aromatic heterocycles. The fourth-order valence-corrected chi connectivity index (χ4v) is 2.68. The summed E-state index contributed by atoms with van der Waals surface area (Å²) in [5.41, 5.74) is 0.190. The summed E-state index contributed by atoms with van der Waals surface area (Å²) in [4.78, 5) is 49.6. The van der Waals surface area contributed by atoms with E-state index in [0.29, 0.717) is 6.07 Å². The monoisotopic (exact) mass is 373 g/mol. The van der Waals surface area contributed by atoms with Crippen molar-refractivity contribution >= 4 is 23.6 Å². The highest BCUT2D eigenvalue weighted by Crippen LogP contribution is 2.24. The summed E-state index contributed by atoms with van der Waals surface area (Å²) in [7, 11) is 0. The molecule has 138 valence electrons. The number of ether oxygens (including phenoxy) is 1. The van der Waals surface area contributed by atoms with Gasteiger partial charge in [0.25, 0.3) is 11.8 Å². The normalized spacial score (nSPS) is 14.1. The van der Waals surface area contributed by atoms with E-state index >= 15 is 0 Å². The van der Waals surface area contributed by atoms with Crippen molar-refractivity contribution in [1.29, 1.82) is 0 Å². The van der Waals surface area contributed by atoms with E-state index in [2.05, 4.69) is 0 Å². The summed E-state index contributed by atoms with van der Waals surface area (Å²) >= 11 is 0. The number of nitrogens with zero attached hydrogens (tertiary/aromatic N) is 1. The summed E-state index contributed by atoms with van der Waals surface area (Å²) in [5, 5.41) is 0. The number of fused-ring (bicyclic) bond motifs is 1. The largest absolute Gasteiger partial charge is 0.456 e. The molecule has 1 aliphatic heterocycles. The van der Waals surface area contributed by atoms with E-state index in [-0.39, 0.29) is 16.7 Å². The van der Waals surface area contributed by atoms with Gasteiger partial charge in [-0.25, -0.2) is 13.6 Å². The Kier molecular flexibility index (Phi) is 4.81. The summed E-state index contributed by atoms with van der Waals surface area (Å²) in [5.74, 6) is -5.30. The highest BCUT2D eigenvalue weighted by Gasteiger charge is 2.41. The number of ketones is 1. The molecular formula is C19H13F2NO5. The molecule has 2 aromatic rings. The van der Waals surface area contributed by atoms with Gasteiger partial charge in [-0.15, -0.1) is 0 Å². The summed E-state index contributed by atoms with van der Waals surface area (Å²) in [6.07, 6.45) is 0. The lowest BCUT2D eigenvalue weighted by Crippen LogP contribution is -2.44. The lowest BCUT2D eigenvalue weighted by Gasteiger charge is -2.20. The van der Waals surface area contributed by atoms with Gasteiger partial charge in [0.15, 0.2) is 24.0 Å². The Labute approximate surface area is 152 Å². The van der Waals surface area contributed by atoms with Crippen LogP contribution in [0.5, 0.6) is 0 Å². The molecule has 0 aliphatic carbocycles. The second kappa shape index (κ2) is 7.06. The third kappa shape index (κ3) is 3.33. The number of benzene rings is 2. The average Bonchev–Trinajstić information content (AvgIpc) is 2.92. The molecular weight excluding hydrogens is 360 g/mol. The van der Waals surface area contributed by atoms with Gasteiger partial charge in [0.1, 0.15) is 6.04 Å². The van der Waals surface area contributed by atoms with Crippen molar-refractivity contribution in [2.24, 2.45) is 0 Å². The number of hydrogen-bond donors (Lipinski definition) is 0. The fraction of sp³-hybridized carbons (Fsp3) is 0.158. The third-order valence-electron chi connectivity index (χ3n) is 4.14. The summed E-state index contributed by atoms with van der Waals surface area (Å²) < 4.78 is 30.9. The molecule has 0 fully saturated rings. The molecule has 0 spiro atoms. The molecule has 0 radical (unpaired) electrons. The first-order valence-electron chi connectivity index (χ1n) is 7.93. The molecule has 1 heterocycles. The predicted molar refractivity (Wildman–Crippen MR) is 88.1 cm³/mol. The third-order valence-corrected chi connectivity index (χ3v) is 4.14. The van der Waals surface area contributed by atoms with Crippen LogP contribution in [0.15, 0.2) is 42.5 Å². The molecule has 27 heavy (non-hydrogen) atoms. The Balaban J connectivity index is 1.66. The topological polar surface area (TPSA) is 80.8 Å². The molecule has 0 unspecified atom stereocenters. The second-order valence-electron chi connectivity index (χ2n) is 5.86. The molecule has 1 aliphatic rings. The highest BCUT2D eigenvalue weighted by atomic mass is 19.2. The SMILES string of the molecule is C[C@H](C(=O)OCC(=O)c1ccc(F)c(F)c1)N1C(=O)c2ccccc2C1=O. The minimum Gasteiger partial charge on any atom is -0.456 e. The maximum atomic E-state index is 13.2.